The van der Waals surface area contributed by atoms with E-state index < -0.39 is 0 Å². The lowest BCUT2D eigenvalue weighted by Gasteiger charge is -2.01. The number of hydrogen-bond donors (Lipinski definition) is 1. The van der Waals surface area contributed by atoms with Crippen molar-refractivity contribution in [3.05, 3.63) is 34.3 Å². The summed E-state index contributed by atoms with van der Waals surface area (Å²) in [7, 11) is 0. The zero-order valence-corrected chi connectivity index (χ0v) is 8.88. The minimum atomic E-state index is 0.441. The Bertz CT molecular complexity index is 258. The second kappa shape index (κ2) is 5.89. The number of rotatable bonds is 5. The molecule has 0 heterocycles. The second-order valence-corrected chi connectivity index (χ2v) is 3.66. The molecule has 0 saturated heterocycles. The Balaban J connectivity index is 2.28. The van der Waals surface area contributed by atoms with Crippen LogP contribution in [0, 0.1) is 0 Å². The van der Waals surface area contributed by atoms with Crippen molar-refractivity contribution in [2.45, 2.75) is 6.42 Å². The van der Waals surface area contributed by atoms with Crippen molar-refractivity contribution in [1.29, 1.82) is 0 Å². The molecule has 0 bridgehead atoms. The van der Waals surface area contributed by atoms with Crippen molar-refractivity contribution in [1.82, 2.24) is 5.32 Å². The van der Waals surface area contributed by atoms with E-state index in [0.29, 0.717) is 6.54 Å². The quantitative estimate of drug-likeness (QED) is 0.629. The maximum Gasteiger partial charge on any atom is 0.133 e. The topological polar surface area (TPSA) is 29.1 Å². The summed E-state index contributed by atoms with van der Waals surface area (Å²) in [4.78, 5) is 9.99. The smallest absolute Gasteiger partial charge is 0.133 e. The van der Waals surface area contributed by atoms with Gasteiger partial charge in [-0.1, -0.05) is 28.1 Å². The largest absolute Gasteiger partial charge is 0.310 e. The third-order valence-electron chi connectivity index (χ3n) is 1.73. The van der Waals surface area contributed by atoms with E-state index in [1.54, 1.807) is 0 Å². The van der Waals surface area contributed by atoms with Gasteiger partial charge in [-0.05, 0) is 30.7 Å². The van der Waals surface area contributed by atoms with Gasteiger partial charge >= 0.3 is 0 Å². The van der Waals surface area contributed by atoms with Crippen molar-refractivity contribution >= 4 is 22.2 Å². The average molecular weight is 242 g/mol. The van der Waals surface area contributed by atoms with Crippen LogP contribution in [-0.4, -0.2) is 19.4 Å². The molecule has 0 aliphatic heterocycles. The van der Waals surface area contributed by atoms with Crippen LogP contribution in [0.15, 0.2) is 28.7 Å². The molecule has 0 amide bonds. The fourth-order valence-corrected chi connectivity index (χ4v) is 1.31. The molecule has 1 N–H and O–H groups in total. The SMILES string of the molecule is O=CCNCCc1ccc(Br)cc1. The fraction of sp³-hybridized carbons (Fsp3) is 0.300. The Morgan fingerprint density at radius 2 is 2.00 bits per heavy atom. The monoisotopic (exact) mass is 241 g/mol. The van der Waals surface area contributed by atoms with Crippen molar-refractivity contribution < 1.29 is 4.79 Å². The molecular formula is C10H12BrNO. The molecular weight excluding hydrogens is 230 g/mol. The van der Waals surface area contributed by atoms with Gasteiger partial charge in [0.1, 0.15) is 6.29 Å². The van der Waals surface area contributed by atoms with Gasteiger partial charge in [0.05, 0.1) is 6.54 Å². The lowest BCUT2D eigenvalue weighted by Crippen LogP contribution is -2.19. The van der Waals surface area contributed by atoms with Crippen LogP contribution in [0.25, 0.3) is 0 Å². The number of nitrogens with one attached hydrogen (secondary N) is 1. The molecule has 0 aliphatic rings. The van der Waals surface area contributed by atoms with E-state index in [2.05, 4.69) is 33.4 Å². The van der Waals surface area contributed by atoms with Crippen LogP contribution in [0.4, 0.5) is 0 Å². The van der Waals surface area contributed by atoms with Crippen LogP contribution < -0.4 is 5.32 Å². The Labute approximate surface area is 86.5 Å². The van der Waals surface area contributed by atoms with Crippen LogP contribution in [0.1, 0.15) is 5.56 Å². The van der Waals surface area contributed by atoms with Gasteiger partial charge in [0.2, 0.25) is 0 Å². The van der Waals surface area contributed by atoms with E-state index in [1.165, 1.54) is 5.56 Å². The molecule has 0 radical (unpaired) electrons. The van der Waals surface area contributed by atoms with Crippen LogP contribution in [-0.2, 0) is 11.2 Å². The van der Waals surface area contributed by atoms with Crippen molar-refractivity contribution in [2.75, 3.05) is 13.1 Å². The maximum atomic E-state index is 9.99. The van der Waals surface area contributed by atoms with E-state index in [9.17, 15) is 4.79 Å². The zero-order valence-electron chi connectivity index (χ0n) is 7.29. The van der Waals surface area contributed by atoms with Gasteiger partial charge in [-0.15, -0.1) is 0 Å². The van der Waals surface area contributed by atoms with E-state index in [0.717, 1.165) is 23.7 Å². The third-order valence-corrected chi connectivity index (χ3v) is 2.26. The minimum Gasteiger partial charge on any atom is -0.310 e. The van der Waals surface area contributed by atoms with Gasteiger partial charge in [0.15, 0.2) is 0 Å². The molecule has 2 nitrogen and oxygen atoms in total. The fourth-order valence-electron chi connectivity index (χ4n) is 1.04. The van der Waals surface area contributed by atoms with Crippen molar-refractivity contribution in [3.8, 4) is 0 Å². The van der Waals surface area contributed by atoms with Gasteiger partial charge in [0, 0.05) is 4.47 Å². The zero-order chi connectivity index (χ0) is 9.52. The molecule has 1 aromatic carbocycles. The molecule has 0 fully saturated rings. The lowest BCUT2D eigenvalue weighted by atomic mass is 10.1. The number of benzene rings is 1. The van der Waals surface area contributed by atoms with Crippen LogP contribution in [0.3, 0.4) is 0 Å². The van der Waals surface area contributed by atoms with Gasteiger partial charge in [-0.2, -0.15) is 0 Å². The molecule has 0 aliphatic carbocycles. The lowest BCUT2D eigenvalue weighted by molar-refractivity contribution is -0.107. The summed E-state index contributed by atoms with van der Waals surface area (Å²) in [6.07, 6.45) is 1.84. The first-order chi connectivity index (χ1) is 6.33. The summed E-state index contributed by atoms with van der Waals surface area (Å²) in [6.45, 7) is 1.29. The average Bonchev–Trinajstić information content (AvgIpc) is 2.15. The maximum absolute atomic E-state index is 9.99. The number of halogens is 1. The summed E-state index contributed by atoms with van der Waals surface area (Å²) < 4.78 is 1.09. The minimum absolute atomic E-state index is 0.441. The summed E-state index contributed by atoms with van der Waals surface area (Å²) >= 11 is 3.38. The van der Waals surface area contributed by atoms with Crippen molar-refractivity contribution in [2.24, 2.45) is 0 Å². The Hall–Kier alpha value is -0.670. The van der Waals surface area contributed by atoms with Gasteiger partial charge in [-0.3, -0.25) is 0 Å². The number of hydrogen-bond acceptors (Lipinski definition) is 2. The molecule has 0 atom stereocenters. The third kappa shape index (κ3) is 4.20. The van der Waals surface area contributed by atoms with Gasteiger partial charge < -0.3 is 10.1 Å². The highest BCUT2D eigenvalue weighted by Crippen LogP contribution is 2.10. The molecule has 13 heavy (non-hydrogen) atoms. The molecule has 3 heteroatoms. The summed E-state index contributed by atoms with van der Waals surface area (Å²) in [5, 5.41) is 3.02. The highest BCUT2D eigenvalue weighted by atomic mass is 79.9. The van der Waals surface area contributed by atoms with Crippen molar-refractivity contribution in [3.63, 3.8) is 0 Å². The Morgan fingerprint density at radius 1 is 1.31 bits per heavy atom. The summed E-state index contributed by atoms with van der Waals surface area (Å²) in [5.74, 6) is 0. The van der Waals surface area contributed by atoms with Crippen LogP contribution in [0.5, 0.6) is 0 Å². The summed E-state index contributed by atoms with van der Waals surface area (Å²) in [6, 6.07) is 8.20. The van der Waals surface area contributed by atoms with Gasteiger partial charge in [-0.25, -0.2) is 0 Å². The molecule has 0 saturated carbocycles. The Kier molecular flexibility index (Phi) is 4.72. The first-order valence-electron chi connectivity index (χ1n) is 4.21. The number of carbonyl (C=O) groups is 1. The predicted octanol–water partition coefficient (Wildman–Crippen LogP) is 1.78. The van der Waals surface area contributed by atoms with E-state index in [4.69, 9.17) is 0 Å². The standard InChI is InChI=1S/C10H12BrNO/c11-10-3-1-9(2-4-10)5-6-12-7-8-13/h1-4,8,12H,5-7H2. The predicted molar refractivity (Wildman–Crippen MR) is 56.8 cm³/mol. The molecule has 1 rings (SSSR count). The van der Waals surface area contributed by atoms with E-state index >= 15 is 0 Å². The first-order valence-corrected chi connectivity index (χ1v) is 5.01. The van der Waals surface area contributed by atoms with E-state index in [1.807, 2.05) is 12.1 Å². The molecule has 0 unspecified atom stereocenters. The molecule has 1 aromatic rings. The first kappa shape index (κ1) is 10.4. The summed E-state index contributed by atoms with van der Waals surface area (Å²) in [5.41, 5.74) is 1.28. The van der Waals surface area contributed by atoms with Gasteiger partial charge in [0.25, 0.3) is 0 Å². The van der Waals surface area contributed by atoms with Crippen LogP contribution in [0.2, 0.25) is 0 Å². The van der Waals surface area contributed by atoms with E-state index in [-0.39, 0.29) is 0 Å². The molecule has 0 aromatic heterocycles. The normalized spacial score (nSPS) is 9.92. The molecule has 0 spiro atoms. The highest BCUT2D eigenvalue weighted by molar-refractivity contribution is 9.10. The molecule has 70 valence electrons. The second-order valence-electron chi connectivity index (χ2n) is 2.75. The Morgan fingerprint density at radius 3 is 2.62 bits per heavy atom. The highest BCUT2D eigenvalue weighted by Gasteiger charge is 1.92. The number of aldehydes is 1. The number of carbonyl (C=O) groups excluding carboxylic acids is 1. The van der Waals surface area contributed by atoms with Crippen LogP contribution >= 0.6 is 15.9 Å².